The van der Waals surface area contributed by atoms with Crippen molar-refractivity contribution < 1.29 is 14.5 Å². The van der Waals surface area contributed by atoms with Gasteiger partial charge in [-0.1, -0.05) is 23.7 Å². The van der Waals surface area contributed by atoms with Crippen LogP contribution in [0.25, 0.3) is 0 Å². The molecule has 2 aromatic rings. The van der Waals surface area contributed by atoms with Crippen molar-refractivity contribution in [2.24, 2.45) is 5.10 Å². The lowest BCUT2D eigenvalue weighted by molar-refractivity contribution is -0.384. The van der Waals surface area contributed by atoms with E-state index in [1.807, 2.05) is 19.9 Å². The predicted octanol–water partition coefficient (Wildman–Crippen LogP) is 3.35. The standard InChI is InChI=1S/C18H15ClN4O4/c1-10-6-11(2)17(19)14(7-10)22-16(24)9-15(21-22)20-18(25)12-4-3-5-13(8-12)23(26)27/h3-8H,9H2,1-2H3,(H,20,21,25). The molecule has 138 valence electrons. The highest BCUT2D eigenvalue weighted by molar-refractivity contribution is 6.35. The number of carbonyl (C=O) groups is 2. The molecule has 2 aromatic carbocycles. The summed E-state index contributed by atoms with van der Waals surface area (Å²) >= 11 is 6.29. The van der Waals surface area contributed by atoms with Crippen LogP contribution in [0.5, 0.6) is 0 Å². The molecule has 0 aliphatic carbocycles. The summed E-state index contributed by atoms with van der Waals surface area (Å²) in [5, 5.41) is 19.1. The minimum absolute atomic E-state index is 0.0993. The van der Waals surface area contributed by atoms with Gasteiger partial charge in [-0.3, -0.25) is 19.7 Å². The van der Waals surface area contributed by atoms with Gasteiger partial charge in [0.2, 0.25) is 0 Å². The van der Waals surface area contributed by atoms with Crippen LogP contribution < -0.4 is 10.3 Å². The Balaban J connectivity index is 1.84. The van der Waals surface area contributed by atoms with Gasteiger partial charge in [0, 0.05) is 17.7 Å². The third-order valence-electron chi connectivity index (χ3n) is 3.96. The van der Waals surface area contributed by atoms with Crippen LogP contribution in [0.15, 0.2) is 41.5 Å². The number of halogens is 1. The molecule has 27 heavy (non-hydrogen) atoms. The van der Waals surface area contributed by atoms with Gasteiger partial charge in [-0.25, -0.2) is 0 Å². The lowest BCUT2D eigenvalue weighted by atomic mass is 10.1. The van der Waals surface area contributed by atoms with Crippen LogP contribution in [-0.2, 0) is 4.79 Å². The Kier molecular flexibility index (Phi) is 4.91. The second-order valence-corrected chi connectivity index (χ2v) is 6.48. The Labute approximate surface area is 159 Å². The van der Waals surface area contributed by atoms with E-state index in [9.17, 15) is 19.7 Å². The zero-order chi connectivity index (χ0) is 19.7. The predicted molar refractivity (Wildman–Crippen MR) is 101 cm³/mol. The van der Waals surface area contributed by atoms with Crippen molar-refractivity contribution in [3.63, 3.8) is 0 Å². The normalized spacial score (nSPS) is 13.5. The van der Waals surface area contributed by atoms with Gasteiger partial charge in [0.05, 0.1) is 22.1 Å². The number of hydrogen-bond acceptors (Lipinski definition) is 5. The molecule has 0 radical (unpaired) electrons. The number of non-ortho nitro benzene ring substituents is 1. The summed E-state index contributed by atoms with van der Waals surface area (Å²) in [6.45, 7) is 3.70. The van der Waals surface area contributed by atoms with Crippen molar-refractivity contribution in [2.75, 3.05) is 5.01 Å². The fourth-order valence-corrected chi connectivity index (χ4v) is 2.92. The van der Waals surface area contributed by atoms with Crippen molar-refractivity contribution >= 4 is 40.6 Å². The number of rotatable bonds is 3. The van der Waals surface area contributed by atoms with Gasteiger partial charge in [-0.2, -0.15) is 10.1 Å². The second kappa shape index (κ2) is 7.16. The average molecular weight is 387 g/mol. The highest BCUT2D eigenvalue weighted by atomic mass is 35.5. The van der Waals surface area contributed by atoms with E-state index in [0.29, 0.717) is 10.7 Å². The first kappa shape index (κ1) is 18.5. The van der Waals surface area contributed by atoms with Gasteiger partial charge in [-0.15, -0.1) is 0 Å². The van der Waals surface area contributed by atoms with E-state index in [1.54, 1.807) is 6.07 Å². The number of nitrogens with zero attached hydrogens (tertiary/aromatic N) is 3. The smallest absolute Gasteiger partial charge is 0.270 e. The molecule has 0 aromatic heterocycles. The number of anilines is 1. The molecule has 9 heteroatoms. The zero-order valence-corrected chi connectivity index (χ0v) is 15.3. The zero-order valence-electron chi connectivity index (χ0n) is 14.5. The molecule has 1 aliphatic heterocycles. The van der Waals surface area contributed by atoms with E-state index in [-0.39, 0.29) is 29.4 Å². The Morgan fingerprint density at radius 3 is 2.74 bits per heavy atom. The van der Waals surface area contributed by atoms with Crippen molar-refractivity contribution in [1.82, 2.24) is 5.32 Å². The van der Waals surface area contributed by atoms with E-state index < -0.39 is 10.8 Å². The van der Waals surface area contributed by atoms with Crippen LogP contribution in [-0.4, -0.2) is 22.6 Å². The lowest BCUT2D eigenvalue weighted by Crippen LogP contribution is -2.29. The highest BCUT2D eigenvalue weighted by Gasteiger charge is 2.28. The van der Waals surface area contributed by atoms with Gasteiger partial charge >= 0.3 is 0 Å². The molecule has 0 unspecified atom stereocenters. The van der Waals surface area contributed by atoms with Gasteiger partial charge in [0.1, 0.15) is 5.84 Å². The summed E-state index contributed by atoms with van der Waals surface area (Å²) in [6, 6.07) is 8.93. The first-order valence-corrected chi connectivity index (χ1v) is 8.37. The molecule has 1 heterocycles. The maximum atomic E-state index is 12.3. The second-order valence-electron chi connectivity index (χ2n) is 6.11. The summed E-state index contributed by atoms with van der Waals surface area (Å²) < 4.78 is 0. The van der Waals surface area contributed by atoms with Crippen molar-refractivity contribution in [3.8, 4) is 0 Å². The number of amidine groups is 1. The van der Waals surface area contributed by atoms with Gasteiger partial charge in [0.25, 0.3) is 17.5 Å². The Morgan fingerprint density at radius 2 is 2.04 bits per heavy atom. The minimum atomic E-state index is -0.586. The van der Waals surface area contributed by atoms with E-state index >= 15 is 0 Å². The van der Waals surface area contributed by atoms with Crippen molar-refractivity contribution in [2.45, 2.75) is 20.3 Å². The fraction of sp³-hybridized carbons (Fsp3) is 0.167. The Morgan fingerprint density at radius 1 is 1.30 bits per heavy atom. The number of hydrogen-bond donors (Lipinski definition) is 1. The summed E-state index contributed by atoms with van der Waals surface area (Å²) in [4.78, 5) is 34.9. The third kappa shape index (κ3) is 3.80. The van der Waals surface area contributed by atoms with Crippen molar-refractivity contribution in [3.05, 3.63) is 68.2 Å². The first-order chi connectivity index (χ1) is 12.8. The summed E-state index contributed by atoms with van der Waals surface area (Å²) in [5.41, 5.74) is 2.07. The summed E-state index contributed by atoms with van der Waals surface area (Å²) in [5.74, 6) is -0.776. The molecule has 0 fully saturated rings. The fourth-order valence-electron chi connectivity index (χ4n) is 2.73. The average Bonchev–Trinajstić information content (AvgIpc) is 2.98. The van der Waals surface area contributed by atoms with Crippen LogP contribution in [0.1, 0.15) is 27.9 Å². The first-order valence-electron chi connectivity index (χ1n) is 7.99. The Hall–Kier alpha value is -3.26. The molecule has 1 N–H and O–H groups in total. The van der Waals surface area contributed by atoms with Crippen LogP contribution in [0.3, 0.4) is 0 Å². The molecule has 0 saturated heterocycles. The van der Waals surface area contributed by atoms with Gasteiger partial charge < -0.3 is 5.32 Å². The number of aryl methyl sites for hydroxylation is 2. The van der Waals surface area contributed by atoms with Gasteiger partial charge in [-0.05, 0) is 37.1 Å². The number of hydrazone groups is 1. The number of nitro benzene ring substituents is 1. The summed E-state index contributed by atoms with van der Waals surface area (Å²) in [6.07, 6.45) is -0.107. The van der Waals surface area contributed by atoms with Crippen LogP contribution in [0, 0.1) is 24.0 Å². The topological polar surface area (TPSA) is 105 Å². The molecule has 1 aliphatic rings. The van der Waals surface area contributed by atoms with E-state index in [0.717, 1.165) is 22.2 Å². The SMILES string of the molecule is Cc1cc(C)c(Cl)c(N2N=C(NC(=O)c3cccc([N+](=O)[O-])c3)CC2=O)c1. The molecule has 2 amide bonds. The molecule has 8 nitrogen and oxygen atoms in total. The number of nitrogens with one attached hydrogen (secondary N) is 1. The molecule has 0 spiro atoms. The number of carbonyl (C=O) groups excluding carboxylic acids is 2. The lowest BCUT2D eigenvalue weighted by Gasteiger charge is -2.15. The maximum absolute atomic E-state index is 12.3. The number of benzene rings is 2. The van der Waals surface area contributed by atoms with Crippen LogP contribution >= 0.6 is 11.6 Å². The van der Waals surface area contributed by atoms with Gasteiger partial charge in [0.15, 0.2) is 0 Å². The minimum Gasteiger partial charge on any atom is -0.308 e. The van der Waals surface area contributed by atoms with Crippen LogP contribution in [0.2, 0.25) is 5.02 Å². The molecular formula is C18H15ClN4O4. The van der Waals surface area contributed by atoms with E-state index in [4.69, 9.17) is 11.6 Å². The summed E-state index contributed by atoms with van der Waals surface area (Å²) in [7, 11) is 0. The maximum Gasteiger partial charge on any atom is 0.270 e. The van der Waals surface area contributed by atoms with Crippen molar-refractivity contribution in [1.29, 1.82) is 0 Å². The molecular weight excluding hydrogens is 372 g/mol. The Bertz CT molecular complexity index is 1000. The number of nitro groups is 1. The van der Waals surface area contributed by atoms with Crippen LogP contribution in [0.4, 0.5) is 11.4 Å². The monoisotopic (exact) mass is 386 g/mol. The number of amides is 2. The molecule has 3 rings (SSSR count). The molecule has 0 saturated carbocycles. The highest BCUT2D eigenvalue weighted by Crippen LogP contribution is 2.32. The van der Waals surface area contributed by atoms with E-state index in [1.165, 1.54) is 18.2 Å². The molecule has 0 bridgehead atoms. The molecule has 0 atom stereocenters. The van der Waals surface area contributed by atoms with E-state index in [2.05, 4.69) is 10.4 Å². The largest absolute Gasteiger partial charge is 0.308 e. The quantitative estimate of drug-likeness (QED) is 0.645. The third-order valence-corrected chi connectivity index (χ3v) is 4.45.